The number of hydrogen-bond donors (Lipinski definition) is 0. The third-order valence-electron chi connectivity index (χ3n) is 5.70. The average Bonchev–Trinajstić information content (AvgIpc) is 2.95. The van der Waals surface area contributed by atoms with Gasteiger partial charge >= 0.3 is 0 Å². The number of piperidine rings is 1. The van der Waals surface area contributed by atoms with E-state index in [-0.39, 0.29) is 0 Å². The zero-order chi connectivity index (χ0) is 16.9. The minimum absolute atomic E-state index is 0.503. The maximum absolute atomic E-state index is 4.50. The van der Waals surface area contributed by atoms with Crippen LogP contribution in [-0.4, -0.2) is 33.6 Å². The molecule has 1 fully saturated rings. The molecule has 0 radical (unpaired) electrons. The number of imidazole rings is 1. The van der Waals surface area contributed by atoms with E-state index in [1.165, 1.54) is 56.5 Å². The number of benzene rings is 1. The van der Waals surface area contributed by atoms with Crippen LogP contribution in [0.1, 0.15) is 55.6 Å². The lowest BCUT2D eigenvalue weighted by Crippen LogP contribution is -2.44. The summed E-state index contributed by atoms with van der Waals surface area (Å²) < 4.78 is 2.38. The van der Waals surface area contributed by atoms with Gasteiger partial charge in [-0.3, -0.25) is 4.90 Å². The fraction of sp³-hybridized carbons (Fsp3) is 0.571. The molecule has 2 heterocycles. The van der Waals surface area contributed by atoms with E-state index >= 15 is 0 Å². The molecule has 1 aromatic heterocycles. The lowest BCUT2D eigenvalue weighted by molar-refractivity contribution is 0.107. The van der Waals surface area contributed by atoms with Crippen molar-refractivity contribution in [3.8, 4) is 0 Å². The largest absolute Gasteiger partial charge is 0.330 e. The molecule has 0 spiro atoms. The highest BCUT2D eigenvalue weighted by Crippen LogP contribution is 2.28. The SMILES string of the molecule is Cc1ncn(C(C)C2CCCCN2CCCc2ccccc2)c1C. The Morgan fingerprint density at radius 3 is 2.67 bits per heavy atom. The van der Waals surface area contributed by atoms with Crippen LogP contribution in [-0.2, 0) is 6.42 Å². The fourth-order valence-electron chi connectivity index (χ4n) is 4.08. The second-order valence-electron chi connectivity index (χ2n) is 7.25. The second-order valence-corrected chi connectivity index (χ2v) is 7.25. The monoisotopic (exact) mass is 325 g/mol. The van der Waals surface area contributed by atoms with Crippen molar-refractivity contribution in [2.45, 2.75) is 65.0 Å². The van der Waals surface area contributed by atoms with Gasteiger partial charge in [-0.2, -0.15) is 0 Å². The molecule has 1 aromatic carbocycles. The molecule has 3 nitrogen and oxygen atoms in total. The van der Waals surface area contributed by atoms with Crippen LogP contribution in [0.5, 0.6) is 0 Å². The third-order valence-corrected chi connectivity index (χ3v) is 5.70. The summed E-state index contributed by atoms with van der Waals surface area (Å²) in [5.74, 6) is 0. The van der Waals surface area contributed by atoms with Crippen molar-refractivity contribution in [3.05, 3.63) is 53.6 Å². The quantitative estimate of drug-likeness (QED) is 0.777. The Kier molecular flexibility index (Phi) is 5.72. The normalized spacial score (nSPS) is 20.2. The van der Waals surface area contributed by atoms with Crippen molar-refractivity contribution >= 4 is 0 Å². The molecule has 2 aromatic rings. The molecular weight excluding hydrogens is 294 g/mol. The highest BCUT2D eigenvalue weighted by molar-refractivity contribution is 5.14. The van der Waals surface area contributed by atoms with Gasteiger partial charge in [-0.05, 0) is 65.1 Å². The van der Waals surface area contributed by atoms with Crippen LogP contribution >= 0.6 is 0 Å². The predicted molar refractivity (Wildman–Crippen MR) is 100 cm³/mol. The van der Waals surface area contributed by atoms with E-state index in [0.29, 0.717) is 12.1 Å². The number of aromatic nitrogens is 2. The Bertz CT molecular complexity index is 632. The van der Waals surface area contributed by atoms with Crippen molar-refractivity contribution in [2.75, 3.05) is 13.1 Å². The van der Waals surface area contributed by atoms with E-state index in [1.807, 2.05) is 6.33 Å². The van der Waals surface area contributed by atoms with Gasteiger partial charge in [0.05, 0.1) is 12.0 Å². The fourth-order valence-corrected chi connectivity index (χ4v) is 4.08. The summed E-state index contributed by atoms with van der Waals surface area (Å²) in [6.45, 7) is 9.12. The van der Waals surface area contributed by atoms with Gasteiger partial charge in [-0.1, -0.05) is 36.8 Å². The van der Waals surface area contributed by atoms with Crippen LogP contribution in [0.2, 0.25) is 0 Å². The Morgan fingerprint density at radius 1 is 1.17 bits per heavy atom. The van der Waals surface area contributed by atoms with Crippen LogP contribution in [0, 0.1) is 13.8 Å². The topological polar surface area (TPSA) is 21.1 Å². The first-order valence-corrected chi connectivity index (χ1v) is 9.45. The van der Waals surface area contributed by atoms with Crippen molar-refractivity contribution in [2.24, 2.45) is 0 Å². The summed E-state index contributed by atoms with van der Waals surface area (Å²) in [5.41, 5.74) is 3.94. The van der Waals surface area contributed by atoms with Crippen molar-refractivity contribution in [1.82, 2.24) is 14.5 Å². The Morgan fingerprint density at radius 2 is 1.96 bits per heavy atom. The number of hydrogen-bond acceptors (Lipinski definition) is 2. The molecule has 24 heavy (non-hydrogen) atoms. The molecule has 1 aliphatic heterocycles. The van der Waals surface area contributed by atoms with Gasteiger partial charge in [0.15, 0.2) is 0 Å². The van der Waals surface area contributed by atoms with Crippen LogP contribution in [0.25, 0.3) is 0 Å². The van der Waals surface area contributed by atoms with Gasteiger partial charge in [0.1, 0.15) is 0 Å². The molecule has 0 saturated carbocycles. The molecule has 2 unspecified atom stereocenters. The third kappa shape index (κ3) is 3.89. The zero-order valence-corrected chi connectivity index (χ0v) is 15.4. The molecule has 0 amide bonds. The summed E-state index contributed by atoms with van der Waals surface area (Å²) in [5, 5.41) is 0. The summed E-state index contributed by atoms with van der Waals surface area (Å²) in [7, 11) is 0. The Labute approximate surface area is 146 Å². The molecule has 3 rings (SSSR count). The van der Waals surface area contributed by atoms with E-state index in [1.54, 1.807) is 0 Å². The molecular formula is C21H31N3. The van der Waals surface area contributed by atoms with Crippen molar-refractivity contribution < 1.29 is 0 Å². The summed E-state index contributed by atoms with van der Waals surface area (Å²) in [4.78, 5) is 7.23. The maximum atomic E-state index is 4.50. The van der Waals surface area contributed by atoms with Crippen LogP contribution in [0.3, 0.4) is 0 Å². The van der Waals surface area contributed by atoms with Gasteiger partial charge < -0.3 is 4.57 Å². The molecule has 2 atom stereocenters. The Balaban J connectivity index is 1.61. The van der Waals surface area contributed by atoms with Gasteiger partial charge in [0, 0.05) is 17.8 Å². The summed E-state index contributed by atoms with van der Waals surface area (Å²) in [6, 6.07) is 12.0. The number of aryl methyl sites for hydroxylation is 2. The van der Waals surface area contributed by atoms with E-state index in [2.05, 4.69) is 65.6 Å². The van der Waals surface area contributed by atoms with E-state index in [0.717, 1.165) is 5.69 Å². The maximum Gasteiger partial charge on any atom is 0.0954 e. The molecule has 130 valence electrons. The lowest BCUT2D eigenvalue weighted by atomic mass is 9.95. The molecule has 0 N–H and O–H groups in total. The van der Waals surface area contributed by atoms with Crippen molar-refractivity contribution in [3.63, 3.8) is 0 Å². The minimum Gasteiger partial charge on any atom is -0.330 e. The number of nitrogens with zero attached hydrogens (tertiary/aromatic N) is 3. The number of likely N-dealkylation sites (tertiary alicyclic amines) is 1. The first-order chi connectivity index (χ1) is 11.7. The minimum atomic E-state index is 0.503. The van der Waals surface area contributed by atoms with Gasteiger partial charge in [0.2, 0.25) is 0 Å². The van der Waals surface area contributed by atoms with Crippen LogP contribution < -0.4 is 0 Å². The van der Waals surface area contributed by atoms with Gasteiger partial charge in [0.25, 0.3) is 0 Å². The molecule has 0 bridgehead atoms. The predicted octanol–water partition coefficient (Wildman–Crippen LogP) is 4.55. The highest BCUT2D eigenvalue weighted by Gasteiger charge is 2.28. The first kappa shape index (κ1) is 17.2. The molecule has 3 heteroatoms. The molecule has 1 saturated heterocycles. The standard InChI is InChI=1S/C21H31N3/c1-17-18(2)24(16-22-17)19(3)21-13-7-8-14-23(21)15-9-12-20-10-5-4-6-11-20/h4-6,10-11,16,19,21H,7-9,12-15H2,1-3H3. The zero-order valence-electron chi connectivity index (χ0n) is 15.4. The van der Waals surface area contributed by atoms with Gasteiger partial charge in [-0.25, -0.2) is 4.98 Å². The van der Waals surface area contributed by atoms with Crippen LogP contribution in [0.4, 0.5) is 0 Å². The van der Waals surface area contributed by atoms with Gasteiger partial charge in [-0.15, -0.1) is 0 Å². The molecule has 0 aliphatic carbocycles. The first-order valence-electron chi connectivity index (χ1n) is 9.45. The van der Waals surface area contributed by atoms with Crippen LogP contribution in [0.15, 0.2) is 36.7 Å². The van der Waals surface area contributed by atoms with E-state index in [9.17, 15) is 0 Å². The lowest BCUT2D eigenvalue weighted by Gasteiger charge is -2.40. The smallest absolute Gasteiger partial charge is 0.0954 e. The van der Waals surface area contributed by atoms with E-state index in [4.69, 9.17) is 0 Å². The highest BCUT2D eigenvalue weighted by atomic mass is 15.2. The summed E-state index contributed by atoms with van der Waals surface area (Å²) >= 11 is 0. The number of rotatable bonds is 6. The average molecular weight is 325 g/mol. The summed E-state index contributed by atoms with van der Waals surface area (Å²) in [6.07, 6.45) is 8.47. The van der Waals surface area contributed by atoms with E-state index < -0.39 is 0 Å². The van der Waals surface area contributed by atoms with Crippen molar-refractivity contribution in [1.29, 1.82) is 0 Å². The molecule has 1 aliphatic rings. The Hall–Kier alpha value is -1.61. The second kappa shape index (κ2) is 7.98.